The highest BCUT2D eigenvalue weighted by Crippen LogP contribution is 2.31. The van der Waals surface area contributed by atoms with E-state index in [0.29, 0.717) is 0 Å². The fraction of sp³-hybridized carbons (Fsp3) is 0.353. The van der Waals surface area contributed by atoms with Gasteiger partial charge in [0.25, 0.3) is 0 Å². The van der Waals surface area contributed by atoms with Crippen molar-refractivity contribution in [1.82, 2.24) is 4.98 Å². The minimum Gasteiger partial charge on any atom is -0.489 e. The third kappa shape index (κ3) is 3.94. The van der Waals surface area contributed by atoms with Gasteiger partial charge in [-0.15, -0.1) is 0 Å². The maximum atomic E-state index is 12.6. The summed E-state index contributed by atoms with van der Waals surface area (Å²) >= 11 is 0. The average Bonchev–Trinajstić information content (AvgIpc) is 2.56. The summed E-state index contributed by atoms with van der Waals surface area (Å²) in [5.74, 6) is 0.750. The third-order valence-corrected chi connectivity index (χ3v) is 3.94. The molecule has 0 bridgehead atoms. The molecule has 3 rings (SSSR count). The lowest BCUT2D eigenvalue weighted by atomic mass is 10.1. The lowest BCUT2D eigenvalue weighted by Gasteiger charge is -2.33. The van der Waals surface area contributed by atoms with Crippen LogP contribution in [-0.2, 0) is 6.18 Å². The number of aromatic nitrogens is 1. The number of hydrogen-bond donors (Lipinski definition) is 0. The molecule has 3 nitrogen and oxygen atoms in total. The molecule has 122 valence electrons. The van der Waals surface area contributed by atoms with Crippen molar-refractivity contribution < 1.29 is 17.9 Å². The van der Waals surface area contributed by atoms with Crippen LogP contribution in [0.25, 0.3) is 0 Å². The van der Waals surface area contributed by atoms with E-state index < -0.39 is 11.7 Å². The largest absolute Gasteiger partial charge is 0.489 e. The molecule has 0 spiro atoms. The highest BCUT2D eigenvalue weighted by molar-refractivity contribution is 5.48. The molecule has 1 aliphatic heterocycles. The minimum absolute atomic E-state index is 0.116. The molecule has 6 heteroatoms. The zero-order valence-corrected chi connectivity index (χ0v) is 12.5. The number of rotatable bonds is 3. The lowest BCUT2D eigenvalue weighted by Crippen LogP contribution is -2.38. The Morgan fingerprint density at radius 3 is 2.30 bits per heavy atom. The van der Waals surface area contributed by atoms with Crippen LogP contribution in [0.4, 0.5) is 18.9 Å². The Kier molecular flexibility index (Phi) is 4.41. The second-order valence-corrected chi connectivity index (χ2v) is 5.54. The molecule has 1 aromatic carbocycles. The summed E-state index contributed by atoms with van der Waals surface area (Å²) in [7, 11) is 0. The van der Waals surface area contributed by atoms with E-state index in [4.69, 9.17) is 4.74 Å². The van der Waals surface area contributed by atoms with E-state index in [9.17, 15) is 13.2 Å². The molecule has 0 saturated carbocycles. The first-order valence-electron chi connectivity index (χ1n) is 7.51. The van der Waals surface area contributed by atoms with Crippen LogP contribution in [0.2, 0.25) is 0 Å². The molecule has 0 amide bonds. The number of anilines is 1. The van der Waals surface area contributed by atoms with Crippen molar-refractivity contribution in [3.05, 3.63) is 54.4 Å². The molecular weight excluding hydrogens is 305 g/mol. The Hall–Kier alpha value is -2.24. The van der Waals surface area contributed by atoms with Crippen LogP contribution in [0.15, 0.2) is 48.8 Å². The minimum atomic E-state index is -4.29. The number of halogens is 3. The van der Waals surface area contributed by atoms with E-state index in [1.165, 1.54) is 12.1 Å². The van der Waals surface area contributed by atoms with E-state index in [1.807, 2.05) is 12.1 Å². The van der Waals surface area contributed by atoms with Crippen molar-refractivity contribution in [2.24, 2.45) is 0 Å². The Bertz CT molecular complexity index is 621. The molecule has 0 unspecified atom stereocenters. The van der Waals surface area contributed by atoms with Gasteiger partial charge in [0.1, 0.15) is 11.9 Å². The molecule has 0 radical (unpaired) electrons. The van der Waals surface area contributed by atoms with Crippen molar-refractivity contribution in [2.75, 3.05) is 18.0 Å². The van der Waals surface area contributed by atoms with Crippen molar-refractivity contribution in [3.63, 3.8) is 0 Å². The number of pyridine rings is 1. The Labute approximate surface area is 132 Å². The van der Waals surface area contributed by atoms with Gasteiger partial charge in [-0.1, -0.05) is 0 Å². The average molecular weight is 322 g/mol. The Morgan fingerprint density at radius 2 is 1.74 bits per heavy atom. The van der Waals surface area contributed by atoms with Gasteiger partial charge < -0.3 is 9.64 Å². The number of piperidine rings is 1. The lowest BCUT2D eigenvalue weighted by molar-refractivity contribution is -0.137. The van der Waals surface area contributed by atoms with Gasteiger partial charge in [-0.2, -0.15) is 13.2 Å². The summed E-state index contributed by atoms with van der Waals surface area (Å²) in [6.45, 7) is 1.52. The van der Waals surface area contributed by atoms with E-state index in [0.717, 1.165) is 49.5 Å². The number of ether oxygens (including phenoxy) is 1. The molecule has 23 heavy (non-hydrogen) atoms. The fourth-order valence-electron chi connectivity index (χ4n) is 2.70. The molecule has 1 aliphatic rings. The van der Waals surface area contributed by atoms with Crippen molar-refractivity contribution in [3.8, 4) is 5.75 Å². The molecular formula is C17H17F3N2O. The summed E-state index contributed by atoms with van der Waals surface area (Å²) in [6, 6.07) is 9.03. The van der Waals surface area contributed by atoms with Crippen LogP contribution < -0.4 is 9.64 Å². The van der Waals surface area contributed by atoms with Gasteiger partial charge in [0.15, 0.2) is 0 Å². The van der Waals surface area contributed by atoms with E-state index in [-0.39, 0.29) is 6.10 Å². The molecule has 1 aromatic heterocycles. The number of nitrogens with zero attached hydrogens (tertiary/aromatic N) is 2. The first-order valence-corrected chi connectivity index (χ1v) is 7.51. The van der Waals surface area contributed by atoms with Gasteiger partial charge >= 0.3 is 6.18 Å². The van der Waals surface area contributed by atoms with Crippen LogP contribution in [0.1, 0.15) is 18.4 Å². The van der Waals surface area contributed by atoms with Crippen LogP contribution in [0.3, 0.4) is 0 Å². The summed E-state index contributed by atoms with van der Waals surface area (Å²) in [5, 5.41) is 0. The Morgan fingerprint density at radius 1 is 1.04 bits per heavy atom. The summed E-state index contributed by atoms with van der Waals surface area (Å²) in [4.78, 5) is 6.10. The van der Waals surface area contributed by atoms with Crippen LogP contribution in [0, 0.1) is 0 Å². The van der Waals surface area contributed by atoms with Gasteiger partial charge in [0.2, 0.25) is 0 Å². The predicted molar refractivity (Wildman–Crippen MR) is 81.5 cm³/mol. The van der Waals surface area contributed by atoms with Crippen LogP contribution in [0.5, 0.6) is 5.75 Å². The molecule has 0 atom stereocenters. The second-order valence-electron chi connectivity index (χ2n) is 5.54. The molecule has 0 N–H and O–H groups in total. The highest BCUT2D eigenvalue weighted by Gasteiger charge is 2.30. The van der Waals surface area contributed by atoms with Gasteiger partial charge in [0.05, 0.1) is 11.8 Å². The van der Waals surface area contributed by atoms with Gasteiger partial charge in [-0.25, -0.2) is 0 Å². The fourth-order valence-corrected chi connectivity index (χ4v) is 2.70. The zero-order chi connectivity index (χ0) is 16.3. The van der Waals surface area contributed by atoms with Crippen LogP contribution >= 0.6 is 0 Å². The highest BCUT2D eigenvalue weighted by atomic mass is 19.4. The summed E-state index contributed by atoms with van der Waals surface area (Å²) in [5.41, 5.74) is 0.203. The SMILES string of the molecule is FC(F)(F)c1ccc(N2CCC(Oc3cccnc3)CC2)cc1. The smallest absolute Gasteiger partial charge is 0.416 e. The topological polar surface area (TPSA) is 25.4 Å². The molecule has 1 fully saturated rings. The van der Waals surface area contributed by atoms with E-state index >= 15 is 0 Å². The van der Waals surface area contributed by atoms with Gasteiger partial charge in [0, 0.05) is 37.8 Å². The first-order chi connectivity index (χ1) is 11.0. The standard InChI is InChI=1S/C17H17F3N2O/c18-17(19,20)13-3-5-14(6-4-13)22-10-7-15(8-11-22)23-16-2-1-9-21-12-16/h1-6,9,12,15H,7-8,10-11H2. The van der Waals surface area contributed by atoms with Gasteiger partial charge in [-0.3, -0.25) is 4.98 Å². The normalized spacial score (nSPS) is 16.4. The summed E-state index contributed by atoms with van der Waals surface area (Å²) in [6.07, 6.45) is 0.863. The maximum absolute atomic E-state index is 12.6. The quantitative estimate of drug-likeness (QED) is 0.849. The van der Waals surface area contributed by atoms with E-state index in [1.54, 1.807) is 12.4 Å². The molecule has 0 aliphatic carbocycles. The number of alkyl halides is 3. The molecule has 2 heterocycles. The number of benzene rings is 1. The molecule has 2 aromatic rings. The van der Waals surface area contributed by atoms with Crippen LogP contribution in [-0.4, -0.2) is 24.2 Å². The predicted octanol–water partition coefficient (Wildman–Crippen LogP) is 4.15. The summed E-state index contributed by atoms with van der Waals surface area (Å²) < 4.78 is 43.6. The molecule has 1 saturated heterocycles. The van der Waals surface area contributed by atoms with Crippen molar-refractivity contribution in [1.29, 1.82) is 0 Å². The first kappa shape index (κ1) is 15.6. The van der Waals surface area contributed by atoms with Crippen molar-refractivity contribution >= 4 is 5.69 Å². The maximum Gasteiger partial charge on any atom is 0.416 e. The number of hydrogen-bond acceptors (Lipinski definition) is 3. The second kappa shape index (κ2) is 6.48. The Balaban J connectivity index is 1.56. The zero-order valence-electron chi connectivity index (χ0n) is 12.5. The van der Waals surface area contributed by atoms with E-state index in [2.05, 4.69) is 9.88 Å². The van der Waals surface area contributed by atoms with Crippen molar-refractivity contribution in [2.45, 2.75) is 25.1 Å². The third-order valence-electron chi connectivity index (χ3n) is 3.94. The monoisotopic (exact) mass is 322 g/mol. The van der Waals surface area contributed by atoms with Gasteiger partial charge in [-0.05, 0) is 36.4 Å².